The Morgan fingerprint density at radius 3 is 2.26 bits per heavy atom. The van der Waals surface area contributed by atoms with Crippen LogP contribution in [-0.4, -0.2) is 48.4 Å². The van der Waals surface area contributed by atoms with Gasteiger partial charge in [-0.15, -0.1) is 0 Å². The lowest BCUT2D eigenvalue weighted by Crippen LogP contribution is -2.51. The van der Waals surface area contributed by atoms with Crippen LogP contribution in [0.15, 0.2) is 24.3 Å². The number of benzene rings is 1. The fraction of sp³-hybridized carbons (Fsp3) is 0.625. The molecular formula is C24H35FN2O4. The van der Waals surface area contributed by atoms with Gasteiger partial charge in [0.1, 0.15) is 11.9 Å². The number of halogens is 1. The summed E-state index contributed by atoms with van der Waals surface area (Å²) in [5, 5.41) is 2.80. The maximum atomic E-state index is 13.4. The Morgan fingerprint density at radius 1 is 1.16 bits per heavy atom. The largest absolute Gasteiger partial charge is 0.466 e. The molecule has 2 amide bonds. The molecule has 7 heteroatoms. The van der Waals surface area contributed by atoms with Gasteiger partial charge in [0.2, 0.25) is 11.8 Å². The zero-order valence-corrected chi connectivity index (χ0v) is 19.2. The molecule has 0 aromatic heterocycles. The lowest BCUT2D eigenvalue weighted by Gasteiger charge is -2.37. The average Bonchev–Trinajstić information content (AvgIpc) is 2.72. The molecule has 0 unspecified atom stereocenters. The highest BCUT2D eigenvalue weighted by Crippen LogP contribution is 2.36. The summed E-state index contributed by atoms with van der Waals surface area (Å²) in [6, 6.07) is 5.68. The number of carbonyl (C=O) groups is 3. The van der Waals surface area contributed by atoms with Crippen LogP contribution in [0.3, 0.4) is 0 Å². The number of carbonyl (C=O) groups excluding carboxylic acids is 3. The Bertz CT molecular complexity index is 765. The third kappa shape index (κ3) is 7.04. The summed E-state index contributed by atoms with van der Waals surface area (Å²) in [4.78, 5) is 38.9. The van der Waals surface area contributed by atoms with E-state index in [0.29, 0.717) is 19.7 Å². The van der Waals surface area contributed by atoms with Gasteiger partial charge >= 0.3 is 5.97 Å². The maximum absolute atomic E-state index is 13.4. The molecule has 0 saturated carbocycles. The number of nitrogens with one attached hydrogen (secondary N) is 1. The van der Waals surface area contributed by atoms with Gasteiger partial charge in [-0.25, -0.2) is 4.39 Å². The quantitative estimate of drug-likeness (QED) is 0.665. The first-order valence-electron chi connectivity index (χ1n) is 11.0. The van der Waals surface area contributed by atoms with Crippen molar-refractivity contribution >= 4 is 17.8 Å². The summed E-state index contributed by atoms with van der Waals surface area (Å²) >= 11 is 0. The summed E-state index contributed by atoms with van der Waals surface area (Å²) in [5.74, 6) is -0.749. The number of ether oxygens (including phenoxy) is 1. The summed E-state index contributed by atoms with van der Waals surface area (Å²) in [6.45, 7) is 10.3. The molecule has 0 aliphatic carbocycles. The number of hydrogen-bond acceptors (Lipinski definition) is 4. The van der Waals surface area contributed by atoms with Crippen molar-refractivity contribution < 1.29 is 23.5 Å². The molecule has 1 aliphatic rings. The van der Waals surface area contributed by atoms with Crippen molar-refractivity contribution in [3.63, 3.8) is 0 Å². The van der Waals surface area contributed by atoms with Gasteiger partial charge in [-0.05, 0) is 56.2 Å². The van der Waals surface area contributed by atoms with Crippen LogP contribution < -0.4 is 5.32 Å². The van der Waals surface area contributed by atoms with Crippen LogP contribution >= 0.6 is 0 Å². The molecule has 31 heavy (non-hydrogen) atoms. The molecule has 6 nitrogen and oxygen atoms in total. The maximum Gasteiger partial charge on any atom is 0.306 e. The number of amides is 2. The monoisotopic (exact) mass is 434 g/mol. The first kappa shape index (κ1) is 24.8. The first-order chi connectivity index (χ1) is 14.5. The number of piperidine rings is 1. The standard InChI is InChI=1S/C24H35FN2O4/c1-6-31-21(28)15-20(17-7-9-19(25)10-8-17)18-11-13-27(14-12-18)22(29)16(2)26-23(30)24(3,4)5/h7-10,16,18,20H,6,11-15H2,1-5H3,(H,26,30)/t16-,20+/m1/s1. The average molecular weight is 435 g/mol. The molecule has 0 radical (unpaired) electrons. The predicted molar refractivity (Wildman–Crippen MR) is 117 cm³/mol. The van der Waals surface area contributed by atoms with Gasteiger partial charge in [0.25, 0.3) is 0 Å². The van der Waals surface area contributed by atoms with Crippen molar-refractivity contribution in [3.05, 3.63) is 35.6 Å². The van der Waals surface area contributed by atoms with E-state index in [9.17, 15) is 18.8 Å². The number of esters is 1. The zero-order valence-electron chi connectivity index (χ0n) is 19.2. The lowest BCUT2D eigenvalue weighted by atomic mass is 9.78. The van der Waals surface area contributed by atoms with Crippen molar-refractivity contribution in [2.45, 2.75) is 65.8 Å². The number of nitrogens with zero attached hydrogens (tertiary/aromatic N) is 1. The number of likely N-dealkylation sites (tertiary alicyclic amines) is 1. The van der Waals surface area contributed by atoms with Gasteiger partial charge in [-0.1, -0.05) is 32.9 Å². The van der Waals surface area contributed by atoms with E-state index in [2.05, 4.69) is 5.32 Å². The van der Waals surface area contributed by atoms with E-state index in [-0.39, 0.29) is 41.9 Å². The highest BCUT2D eigenvalue weighted by molar-refractivity contribution is 5.89. The highest BCUT2D eigenvalue weighted by atomic mass is 19.1. The van der Waals surface area contributed by atoms with Crippen molar-refractivity contribution in [1.29, 1.82) is 0 Å². The molecule has 2 rings (SSSR count). The summed E-state index contributed by atoms with van der Waals surface area (Å²) in [7, 11) is 0. The van der Waals surface area contributed by atoms with Gasteiger partial charge in [0.05, 0.1) is 13.0 Å². The van der Waals surface area contributed by atoms with Crippen molar-refractivity contribution in [1.82, 2.24) is 10.2 Å². The van der Waals surface area contributed by atoms with Crippen molar-refractivity contribution in [2.75, 3.05) is 19.7 Å². The Labute approximate surface area is 184 Å². The second kappa shape index (κ2) is 10.7. The molecule has 1 fully saturated rings. The fourth-order valence-corrected chi connectivity index (χ4v) is 3.94. The molecule has 0 spiro atoms. The van der Waals surface area contributed by atoms with Crippen molar-refractivity contribution in [2.24, 2.45) is 11.3 Å². The lowest BCUT2D eigenvalue weighted by molar-refractivity contribution is -0.144. The zero-order chi connectivity index (χ0) is 23.2. The molecule has 1 saturated heterocycles. The van der Waals surface area contributed by atoms with E-state index in [1.807, 2.05) is 20.8 Å². The number of rotatable bonds is 7. The Balaban J connectivity index is 2.02. The van der Waals surface area contributed by atoms with E-state index in [0.717, 1.165) is 18.4 Å². The van der Waals surface area contributed by atoms with Crippen LogP contribution in [0.5, 0.6) is 0 Å². The van der Waals surface area contributed by atoms with Gasteiger partial charge in [0.15, 0.2) is 0 Å². The summed E-state index contributed by atoms with van der Waals surface area (Å²) < 4.78 is 18.5. The molecule has 1 N–H and O–H groups in total. The van der Waals surface area contributed by atoms with Gasteiger partial charge in [0, 0.05) is 18.5 Å². The SMILES string of the molecule is CCOC(=O)C[C@@H](c1ccc(F)cc1)C1CCN(C(=O)[C@@H](C)NC(=O)C(C)(C)C)CC1. The number of hydrogen-bond donors (Lipinski definition) is 1. The van der Waals surface area contributed by atoms with Crippen LogP contribution in [0, 0.1) is 17.2 Å². The molecule has 1 aliphatic heterocycles. The Morgan fingerprint density at radius 2 is 1.74 bits per heavy atom. The molecule has 172 valence electrons. The minimum atomic E-state index is -0.587. The predicted octanol–water partition coefficient (Wildman–Crippen LogP) is 3.65. The second-order valence-electron chi connectivity index (χ2n) is 9.28. The Hall–Kier alpha value is -2.44. The molecule has 1 aromatic rings. The van der Waals surface area contributed by atoms with Crippen LogP contribution in [0.1, 0.15) is 65.4 Å². The molecule has 1 aromatic carbocycles. The first-order valence-corrected chi connectivity index (χ1v) is 11.0. The topological polar surface area (TPSA) is 75.7 Å². The molecule has 0 bridgehead atoms. The molecule has 2 atom stereocenters. The summed E-state index contributed by atoms with van der Waals surface area (Å²) in [5.41, 5.74) is 0.349. The van der Waals surface area contributed by atoms with Crippen molar-refractivity contribution in [3.8, 4) is 0 Å². The van der Waals surface area contributed by atoms with Crippen LogP contribution in [0.25, 0.3) is 0 Å². The minimum Gasteiger partial charge on any atom is -0.466 e. The third-order valence-corrected chi connectivity index (χ3v) is 5.81. The normalized spacial score (nSPS) is 17.0. The van der Waals surface area contributed by atoms with Crippen LogP contribution in [0.4, 0.5) is 4.39 Å². The highest BCUT2D eigenvalue weighted by Gasteiger charge is 2.33. The Kier molecular flexibility index (Phi) is 8.60. The minimum absolute atomic E-state index is 0.0880. The van der Waals surface area contributed by atoms with Crippen LogP contribution in [0.2, 0.25) is 0 Å². The summed E-state index contributed by atoms with van der Waals surface area (Å²) in [6.07, 6.45) is 1.69. The van der Waals surface area contributed by atoms with E-state index in [1.165, 1.54) is 12.1 Å². The molecule has 1 heterocycles. The van der Waals surface area contributed by atoms with E-state index >= 15 is 0 Å². The van der Waals surface area contributed by atoms with E-state index in [1.54, 1.807) is 30.9 Å². The van der Waals surface area contributed by atoms with E-state index < -0.39 is 11.5 Å². The van der Waals surface area contributed by atoms with Gasteiger partial charge in [-0.3, -0.25) is 14.4 Å². The van der Waals surface area contributed by atoms with Gasteiger partial charge < -0.3 is 15.0 Å². The fourth-order valence-electron chi connectivity index (χ4n) is 3.94. The third-order valence-electron chi connectivity index (χ3n) is 5.81. The van der Waals surface area contributed by atoms with Gasteiger partial charge in [-0.2, -0.15) is 0 Å². The van der Waals surface area contributed by atoms with Crippen LogP contribution in [-0.2, 0) is 19.1 Å². The molecular weight excluding hydrogens is 399 g/mol. The second-order valence-corrected chi connectivity index (χ2v) is 9.28. The van der Waals surface area contributed by atoms with E-state index in [4.69, 9.17) is 4.74 Å². The smallest absolute Gasteiger partial charge is 0.306 e.